The number of hydrogen-bond acceptors (Lipinski definition) is 5. The minimum atomic E-state index is 0.0374. The molecule has 0 bridgehead atoms. The van der Waals surface area contributed by atoms with E-state index in [4.69, 9.17) is 0 Å². The number of hydrogen-bond donors (Lipinski definition) is 3. The molecule has 0 radical (unpaired) electrons. The minimum Gasteiger partial charge on any atom is -0.396 e. The topological polar surface area (TPSA) is 70.1 Å². The van der Waals surface area contributed by atoms with Crippen molar-refractivity contribution >= 4 is 11.6 Å². The smallest absolute Gasteiger partial charge is 0.132 e. The number of aliphatic hydroxyl groups excluding tert-OH is 1. The molecule has 1 fully saturated rings. The molecule has 1 heterocycles. The highest BCUT2D eigenvalue weighted by Gasteiger charge is 2.33. The normalized spacial score (nSPS) is 17.1. The molecule has 2 rings (SSSR count). The number of aliphatic hydroxyl groups is 1. The summed E-state index contributed by atoms with van der Waals surface area (Å²) in [6.45, 7) is 6.00. The van der Waals surface area contributed by atoms with Crippen molar-refractivity contribution in [1.29, 1.82) is 0 Å². The lowest BCUT2D eigenvalue weighted by Crippen LogP contribution is -2.30. The number of rotatable bonds is 7. The van der Waals surface area contributed by atoms with E-state index < -0.39 is 0 Å². The molecule has 0 unspecified atom stereocenters. The average molecular weight is 278 g/mol. The monoisotopic (exact) mass is 278 g/mol. The van der Waals surface area contributed by atoms with Gasteiger partial charge in [0.1, 0.15) is 17.5 Å². The third-order valence-corrected chi connectivity index (χ3v) is 4.09. The third-order valence-electron chi connectivity index (χ3n) is 4.09. The average Bonchev–Trinajstić information content (AvgIpc) is 2.95. The highest BCUT2D eigenvalue weighted by atomic mass is 16.3. The fourth-order valence-corrected chi connectivity index (χ4v) is 2.81. The zero-order chi connectivity index (χ0) is 14.4. The molecule has 1 aliphatic rings. The molecule has 5 heteroatoms. The first-order chi connectivity index (χ1) is 9.71. The van der Waals surface area contributed by atoms with E-state index in [2.05, 4.69) is 34.4 Å². The summed E-state index contributed by atoms with van der Waals surface area (Å²) >= 11 is 0. The summed E-state index contributed by atoms with van der Waals surface area (Å²) in [6, 6.07) is 1.95. The summed E-state index contributed by atoms with van der Waals surface area (Å²) in [5, 5.41) is 16.3. The van der Waals surface area contributed by atoms with Gasteiger partial charge in [0.2, 0.25) is 0 Å². The second kappa shape index (κ2) is 6.88. The Labute approximate surface area is 121 Å². The van der Waals surface area contributed by atoms with Crippen LogP contribution in [0.1, 0.15) is 45.4 Å². The molecule has 0 aromatic carbocycles. The lowest BCUT2D eigenvalue weighted by Gasteiger charge is -2.27. The first-order valence-corrected chi connectivity index (χ1v) is 7.68. The highest BCUT2D eigenvalue weighted by molar-refractivity contribution is 5.47. The molecule has 0 atom stereocenters. The van der Waals surface area contributed by atoms with Crippen molar-refractivity contribution in [2.75, 3.05) is 30.3 Å². The van der Waals surface area contributed by atoms with E-state index in [0.717, 1.165) is 49.8 Å². The molecule has 112 valence electrons. The maximum absolute atomic E-state index is 9.65. The highest BCUT2D eigenvalue weighted by Crippen LogP contribution is 2.37. The molecule has 1 aromatic rings. The SMILES string of the molecule is CCNc1cc(NCC2(CO)CCCC2)nc(CC)n1. The molecule has 5 nitrogen and oxygen atoms in total. The van der Waals surface area contributed by atoms with Crippen LogP contribution in [-0.4, -0.2) is 34.8 Å². The van der Waals surface area contributed by atoms with Crippen LogP contribution in [0.2, 0.25) is 0 Å². The number of aryl methyl sites for hydroxylation is 1. The predicted molar refractivity (Wildman–Crippen MR) is 82.1 cm³/mol. The van der Waals surface area contributed by atoms with Crippen LogP contribution in [0.5, 0.6) is 0 Å². The first-order valence-electron chi connectivity index (χ1n) is 7.68. The van der Waals surface area contributed by atoms with Crippen LogP contribution in [0.3, 0.4) is 0 Å². The Bertz CT molecular complexity index is 430. The largest absolute Gasteiger partial charge is 0.396 e. The van der Waals surface area contributed by atoms with Gasteiger partial charge in [-0.3, -0.25) is 0 Å². The van der Waals surface area contributed by atoms with Crippen LogP contribution in [0, 0.1) is 5.41 Å². The van der Waals surface area contributed by atoms with Gasteiger partial charge in [-0.15, -0.1) is 0 Å². The van der Waals surface area contributed by atoms with E-state index in [1.54, 1.807) is 0 Å². The van der Waals surface area contributed by atoms with E-state index in [1.807, 2.05) is 6.07 Å². The summed E-state index contributed by atoms with van der Waals surface area (Å²) in [7, 11) is 0. The fraction of sp³-hybridized carbons (Fsp3) is 0.733. The lowest BCUT2D eigenvalue weighted by atomic mass is 9.87. The molecule has 20 heavy (non-hydrogen) atoms. The van der Waals surface area contributed by atoms with Gasteiger partial charge in [-0.1, -0.05) is 19.8 Å². The molecular weight excluding hydrogens is 252 g/mol. The van der Waals surface area contributed by atoms with Crippen LogP contribution < -0.4 is 10.6 Å². The standard InChI is InChI=1S/C15H26N4O/c1-3-12-18-13(16-4-2)9-14(19-12)17-10-15(11-20)7-5-6-8-15/h9,20H,3-8,10-11H2,1-2H3,(H2,16,17,18,19). The van der Waals surface area contributed by atoms with Gasteiger partial charge in [0.15, 0.2) is 0 Å². The van der Waals surface area contributed by atoms with E-state index >= 15 is 0 Å². The molecule has 3 N–H and O–H groups in total. The van der Waals surface area contributed by atoms with E-state index in [9.17, 15) is 5.11 Å². The summed E-state index contributed by atoms with van der Waals surface area (Å²) in [6.07, 6.45) is 5.45. The summed E-state index contributed by atoms with van der Waals surface area (Å²) in [4.78, 5) is 8.96. The van der Waals surface area contributed by atoms with Gasteiger partial charge in [0.25, 0.3) is 0 Å². The van der Waals surface area contributed by atoms with E-state index in [0.29, 0.717) is 0 Å². The van der Waals surface area contributed by atoms with Crippen LogP contribution >= 0.6 is 0 Å². The van der Waals surface area contributed by atoms with E-state index in [1.165, 1.54) is 12.8 Å². The number of anilines is 2. The van der Waals surface area contributed by atoms with Gasteiger partial charge in [-0.25, -0.2) is 9.97 Å². The fourth-order valence-electron chi connectivity index (χ4n) is 2.81. The van der Waals surface area contributed by atoms with Gasteiger partial charge in [-0.2, -0.15) is 0 Å². The zero-order valence-corrected chi connectivity index (χ0v) is 12.6. The van der Waals surface area contributed by atoms with Gasteiger partial charge >= 0.3 is 0 Å². The Kier molecular flexibility index (Phi) is 5.17. The molecule has 0 aliphatic heterocycles. The zero-order valence-electron chi connectivity index (χ0n) is 12.6. The van der Waals surface area contributed by atoms with Crippen LogP contribution in [-0.2, 0) is 6.42 Å². The number of nitrogens with zero attached hydrogens (tertiary/aromatic N) is 2. The molecular formula is C15H26N4O. The summed E-state index contributed by atoms with van der Waals surface area (Å²) in [5.74, 6) is 2.56. The maximum atomic E-state index is 9.65. The molecule has 1 aliphatic carbocycles. The quantitative estimate of drug-likeness (QED) is 0.714. The maximum Gasteiger partial charge on any atom is 0.132 e. The first kappa shape index (κ1) is 15.0. The van der Waals surface area contributed by atoms with Crippen molar-refractivity contribution < 1.29 is 5.11 Å². The molecule has 0 spiro atoms. The van der Waals surface area contributed by atoms with Crippen LogP contribution in [0.15, 0.2) is 6.07 Å². The van der Waals surface area contributed by atoms with Crippen molar-refractivity contribution in [1.82, 2.24) is 9.97 Å². The van der Waals surface area contributed by atoms with Gasteiger partial charge in [0, 0.05) is 31.0 Å². The molecule has 0 saturated heterocycles. The van der Waals surface area contributed by atoms with Crippen molar-refractivity contribution in [2.45, 2.75) is 46.0 Å². The molecule has 1 aromatic heterocycles. The van der Waals surface area contributed by atoms with Crippen molar-refractivity contribution in [3.8, 4) is 0 Å². The third kappa shape index (κ3) is 3.60. The molecule has 0 amide bonds. The van der Waals surface area contributed by atoms with Gasteiger partial charge in [-0.05, 0) is 19.8 Å². The van der Waals surface area contributed by atoms with Crippen molar-refractivity contribution in [3.63, 3.8) is 0 Å². The number of aromatic nitrogens is 2. The Morgan fingerprint density at radius 1 is 1.15 bits per heavy atom. The second-order valence-electron chi connectivity index (χ2n) is 5.66. The minimum absolute atomic E-state index is 0.0374. The Balaban J connectivity index is 2.06. The number of nitrogens with one attached hydrogen (secondary N) is 2. The van der Waals surface area contributed by atoms with Crippen LogP contribution in [0.25, 0.3) is 0 Å². The van der Waals surface area contributed by atoms with Gasteiger partial charge in [0.05, 0.1) is 6.61 Å². The second-order valence-corrected chi connectivity index (χ2v) is 5.66. The Morgan fingerprint density at radius 2 is 1.80 bits per heavy atom. The Hall–Kier alpha value is -1.36. The summed E-state index contributed by atoms with van der Waals surface area (Å²) < 4.78 is 0. The predicted octanol–water partition coefficient (Wildman–Crippen LogP) is 2.44. The van der Waals surface area contributed by atoms with Gasteiger partial charge < -0.3 is 15.7 Å². The molecule has 1 saturated carbocycles. The van der Waals surface area contributed by atoms with Crippen molar-refractivity contribution in [3.05, 3.63) is 11.9 Å². The van der Waals surface area contributed by atoms with Crippen LogP contribution in [0.4, 0.5) is 11.6 Å². The Morgan fingerprint density at radius 3 is 2.35 bits per heavy atom. The van der Waals surface area contributed by atoms with E-state index in [-0.39, 0.29) is 12.0 Å². The van der Waals surface area contributed by atoms with Crippen molar-refractivity contribution in [2.24, 2.45) is 5.41 Å². The summed E-state index contributed by atoms with van der Waals surface area (Å²) in [5.41, 5.74) is 0.0374. The lowest BCUT2D eigenvalue weighted by molar-refractivity contribution is 0.142.